The first-order valence-electron chi connectivity index (χ1n) is 13.9. The van der Waals surface area contributed by atoms with Crippen molar-refractivity contribution in [1.82, 2.24) is 14.9 Å². The van der Waals surface area contributed by atoms with E-state index in [4.69, 9.17) is 0 Å². The Kier molecular flexibility index (Phi) is 11.9. The number of benzene rings is 3. The van der Waals surface area contributed by atoms with Gasteiger partial charge >= 0.3 is 0 Å². The number of carbonyl (C=O) groups excluding carboxylic acids is 2. The molecule has 2 amide bonds. The Labute approximate surface area is 239 Å². The number of nitrogens with one attached hydrogen (secondary N) is 2. The molecule has 0 heterocycles. The minimum absolute atomic E-state index is 0.131. The predicted molar refractivity (Wildman–Crippen MR) is 159 cm³/mol. The van der Waals surface area contributed by atoms with Crippen LogP contribution in [0.3, 0.4) is 0 Å². The molecule has 0 saturated heterocycles. The van der Waals surface area contributed by atoms with Crippen molar-refractivity contribution in [3.63, 3.8) is 0 Å². The van der Waals surface area contributed by atoms with Crippen LogP contribution in [0.2, 0.25) is 0 Å². The minimum Gasteiger partial charge on any atom is -0.354 e. The van der Waals surface area contributed by atoms with Crippen molar-refractivity contribution in [2.75, 3.05) is 13.1 Å². The molecular formula is C32H41N3O4S. The van der Waals surface area contributed by atoms with Gasteiger partial charge in [0, 0.05) is 32.5 Å². The maximum absolute atomic E-state index is 13.8. The molecule has 1 atom stereocenters. The predicted octanol–water partition coefficient (Wildman–Crippen LogP) is 4.72. The smallest absolute Gasteiger partial charge is 0.243 e. The van der Waals surface area contributed by atoms with Gasteiger partial charge in [0.2, 0.25) is 21.8 Å². The van der Waals surface area contributed by atoms with Crippen LogP contribution in [-0.2, 0) is 39.0 Å². The summed E-state index contributed by atoms with van der Waals surface area (Å²) in [4.78, 5) is 29.2. The fourth-order valence-corrected chi connectivity index (χ4v) is 5.48. The van der Waals surface area contributed by atoms with Crippen molar-refractivity contribution in [2.45, 2.75) is 63.9 Å². The second-order valence-corrected chi connectivity index (χ2v) is 12.1. The van der Waals surface area contributed by atoms with Gasteiger partial charge in [0.25, 0.3) is 0 Å². The number of carbonyl (C=O) groups is 2. The van der Waals surface area contributed by atoms with Crippen molar-refractivity contribution >= 4 is 21.8 Å². The molecular weight excluding hydrogens is 522 g/mol. The molecule has 0 fully saturated rings. The zero-order valence-electron chi connectivity index (χ0n) is 23.7. The zero-order chi connectivity index (χ0) is 29.0. The Morgan fingerprint density at radius 2 is 1.43 bits per heavy atom. The first kappa shape index (κ1) is 31.0. The van der Waals surface area contributed by atoms with Crippen LogP contribution in [0, 0.1) is 5.92 Å². The van der Waals surface area contributed by atoms with Gasteiger partial charge in [0.15, 0.2) is 0 Å². The van der Waals surface area contributed by atoms with E-state index < -0.39 is 16.1 Å². The molecule has 3 aromatic carbocycles. The van der Waals surface area contributed by atoms with Crippen LogP contribution < -0.4 is 10.0 Å². The summed E-state index contributed by atoms with van der Waals surface area (Å²) in [5.74, 6) is 0.161. The van der Waals surface area contributed by atoms with E-state index in [-0.39, 0.29) is 23.1 Å². The van der Waals surface area contributed by atoms with Crippen LogP contribution in [0.15, 0.2) is 89.8 Å². The van der Waals surface area contributed by atoms with E-state index in [1.807, 2.05) is 60.7 Å². The highest BCUT2D eigenvalue weighted by Crippen LogP contribution is 2.18. The maximum Gasteiger partial charge on any atom is 0.243 e. The summed E-state index contributed by atoms with van der Waals surface area (Å²) in [5.41, 5.74) is 2.78. The van der Waals surface area contributed by atoms with E-state index >= 15 is 0 Å². The third-order valence-electron chi connectivity index (χ3n) is 6.68. The van der Waals surface area contributed by atoms with Crippen LogP contribution in [0.1, 0.15) is 50.3 Å². The van der Waals surface area contributed by atoms with Gasteiger partial charge < -0.3 is 10.2 Å². The Balaban J connectivity index is 1.83. The van der Waals surface area contributed by atoms with Crippen molar-refractivity contribution in [1.29, 1.82) is 0 Å². The molecule has 0 aliphatic heterocycles. The summed E-state index contributed by atoms with van der Waals surface area (Å²) in [6.45, 7) is 7.13. The first-order valence-corrected chi connectivity index (χ1v) is 15.4. The molecule has 214 valence electrons. The van der Waals surface area contributed by atoms with Crippen LogP contribution in [0.25, 0.3) is 0 Å². The molecule has 8 heteroatoms. The number of nitrogens with zero attached hydrogens (tertiary/aromatic N) is 1. The molecule has 0 aliphatic rings. The monoisotopic (exact) mass is 563 g/mol. The Morgan fingerprint density at radius 3 is 2.00 bits per heavy atom. The van der Waals surface area contributed by atoms with E-state index in [1.54, 1.807) is 36.1 Å². The van der Waals surface area contributed by atoms with Crippen molar-refractivity contribution < 1.29 is 18.0 Å². The zero-order valence-corrected chi connectivity index (χ0v) is 24.5. The van der Waals surface area contributed by atoms with Gasteiger partial charge in [-0.25, -0.2) is 13.1 Å². The van der Waals surface area contributed by atoms with Gasteiger partial charge in [0.1, 0.15) is 6.04 Å². The third-order valence-corrected chi connectivity index (χ3v) is 8.24. The highest BCUT2D eigenvalue weighted by molar-refractivity contribution is 7.89. The molecule has 0 bridgehead atoms. The second-order valence-electron chi connectivity index (χ2n) is 10.3. The molecule has 0 aromatic heterocycles. The van der Waals surface area contributed by atoms with Crippen LogP contribution in [0.5, 0.6) is 0 Å². The minimum atomic E-state index is -3.54. The molecule has 0 radical (unpaired) electrons. The lowest BCUT2D eigenvalue weighted by atomic mass is 10.0. The van der Waals surface area contributed by atoms with Crippen LogP contribution in [-0.4, -0.2) is 44.3 Å². The maximum atomic E-state index is 13.8. The number of hydrogen-bond acceptors (Lipinski definition) is 4. The molecule has 3 aromatic rings. The first-order chi connectivity index (χ1) is 19.2. The van der Waals surface area contributed by atoms with Crippen LogP contribution >= 0.6 is 0 Å². The largest absolute Gasteiger partial charge is 0.354 e. The lowest BCUT2D eigenvalue weighted by molar-refractivity contribution is -0.141. The lowest BCUT2D eigenvalue weighted by Gasteiger charge is -2.32. The second kappa shape index (κ2) is 15.3. The Hall–Kier alpha value is -3.49. The van der Waals surface area contributed by atoms with Gasteiger partial charge in [0.05, 0.1) is 4.90 Å². The molecule has 0 saturated carbocycles. The summed E-state index contributed by atoms with van der Waals surface area (Å²) in [6, 6.07) is 25.4. The van der Waals surface area contributed by atoms with E-state index in [9.17, 15) is 18.0 Å². The molecule has 40 heavy (non-hydrogen) atoms. The Morgan fingerprint density at radius 1 is 0.825 bits per heavy atom. The SMILES string of the molecule is CCNS(=O)(=O)c1ccc(CCC(=O)N(Cc2ccccc2)C(Cc2ccccc2)C(=O)NCCC(C)C)cc1. The average molecular weight is 564 g/mol. The van der Waals surface area contributed by atoms with Crippen molar-refractivity contribution in [3.05, 3.63) is 102 Å². The fourth-order valence-electron chi connectivity index (χ4n) is 4.44. The number of rotatable bonds is 15. The molecule has 7 nitrogen and oxygen atoms in total. The van der Waals surface area contributed by atoms with Crippen LogP contribution in [0.4, 0.5) is 0 Å². The van der Waals surface area contributed by atoms with E-state index in [2.05, 4.69) is 23.9 Å². The number of aryl methyl sites for hydroxylation is 1. The van der Waals surface area contributed by atoms with Gasteiger partial charge in [-0.2, -0.15) is 0 Å². The third kappa shape index (κ3) is 9.61. The van der Waals surface area contributed by atoms with Gasteiger partial charge in [-0.1, -0.05) is 93.6 Å². The lowest BCUT2D eigenvalue weighted by Crippen LogP contribution is -2.50. The summed E-state index contributed by atoms with van der Waals surface area (Å²) in [7, 11) is -3.54. The van der Waals surface area contributed by atoms with Crippen molar-refractivity contribution in [2.24, 2.45) is 5.92 Å². The molecule has 0 spiro atoms. The van der Waals surface area contributed by atoms with E-state index in [0.717, 1.165) is 23.1 Å². The standard InChI is InChI=1S/C32H41N3O4S/c1-4-34-40(38,39)29-18-15-26(16-19-29)17-20-31(36)35(24-28-13-9-6-10-14-28)30(23-27-11-7-5-8-12-27)32(37)33-22-21-25(2)3/h5-16,18-19,25,30,34H,4,17,20-24H2,1-3H3,(H,33,37). The molecule has 0 aliphatic carbocycles. The highest BCUT2D eigenvalue weighted by atomic mass is 32.2. The fraction of sp³-hybridized carbons (Fsp3) is 0.375. The Bertz CT molecular complexity index is 1310. The molecule has 1 unspecified atom stereocenters. The van der Waals surface area contributed by atoms with Crippen molar-refractivity contribution in [3.8, 4) is 0 Å². The normalized spacial score (nSPS) is 12.2. The van der Waals surface area contributed by atoms with Gasteiger partial charge in [-0.05, 0) is 47.6 Å². The van der Waals surface area contributed by atoms with E-state index in [1.165, 1.54) is 0 Å². The average Bonchev–Trinajstić information content (AvgIpc) is 2.94. The van der Waals surface area contributed by atoms with Gasteiger partial charge in [-0.15, -0.1) is 0 Å². The molecule has 3 rings (SSSR count). The quantitative estimate of drug-likeness (QED) is 0.280. The number of hydrogen-bond donors (Lipinski definition) is 2. The van der Waals surface area contributed by atoms with Gasteiger partial charge in [-0.3, -0.25) is 9.59 Å². The topological polar surface area (TPSA) is 95.6 Å². The molecule has 2 N–H and O–H groups in total. The summed E-state index contributed by atoms with van der Waals surface area (Å²) in [5, 5.41) is 3.06. The highest BCUT2D eigenvalue weighted by Gasteiger charge is 2.30. The summed E-state index contributed by atoms with van der Waals surface area (Å²) < 4.78 is 27.0. The van der Waals surface area contributed by atoms with E-state index in [0.29, 0.717) is 38.4 Å². The summed E-state index contributed by atoms with van der Waals surface area (Å²) >= 11 is 0. The number of sulfonamides is 1. The summed E-state index contributed by atoms with van der Waals surface area (Å²) in [6.07, 6.45) is 1.88. The number of amides is 2.